The molecule has 0 unspecified atom stereocenters. The Morgan fingerprint density at radius 3 is 2.57 bits per heavy atom. The normalized spacial score (nSPS) is 14.2. The van der Waals surface area contributed by atoms with Crippen LogP contribution in [0, 0.1) is 19.7 Å². The zero-order chi connectivity index (χ0) is 21.3. The maximum Gasteiger partial charge on any atom is 0.378 e. The van der Waals surface area contributed by atoms with E-state index in [2.05, 4.69) is 15.1 Å². The Morgan fingerprint density at radius 2 is 1.83 bits per heavy atom. The van der Waals surface area contributed by atoms with Crippen LogP contribution >= 0.6 is 0 Å². The van der Waals surface area contributed by atoms with Crippen LogP contribution in [0.25, 0.3) is 5.78 Å². The first-order valence-corrected chi connectivity index (χ1v) is 9.58. The number of carbonyl (C=O) groups is 2. The molecule has 1 amide bonds. The smallest absolute Gasteiger partial charge is 0.378 e. The van der Waals surface area contributed by atoms with Crippen LogP contribution in [-0.2, 0) is 9.53 Å². The number of aryl methyl sites for hydroxylation is 2. The van der Waals surface area contributed by atoms with Crippen molar-refractivity contribution in [2.75, 3.05) is 37.7 Å². The number of nitrogens with zero attached hydrogens (tertiary/aromatic N) is 6. The molecule has 0 radical (unpaired) electrons. The third-order valence-corrected chi connectivity index (χ3v) is 4.95. The van der Waals surface area contributed by atoms with Crippen LogP contribution in [0.15, 0.2) is 30.3 Å². The highest BCUT2D eigenvalue weighted by molar-refractivity contribution is 5.88. The Hall–Kier alpha value is -3.56. The standard InChI is InChI=1S/C20H21FN6O3/c1-13-11-14(2)27-20(22-13)23-18(24-27)19(29)30-12-17(28)26-9-7-25(8-10-26)16-6-4-3-5-15(16)21/h3-6,11H,7-10,12H2,1-2H3. The minimum atomic E-state index is -0.782. The highest BCUT2D eigenvalue weighted by Gasteiger charge is 2.24. The summed E-state index contributed by atoms with van der Waals surface area (Å²) in [7, 11) is 0. The van der Waals surface area contributed by atoms with Crippen LogP contribution in [-0.4, -0.2) is 69.1 Å². The van der Waals surface area contributed by atoms with Crippen LogP contribution < -0.4 is 4.90 Å². The summed E-state index contributed by atoms with van der Waals surface area (Å²) >= 11 is 0. The van der Waals surface area contributed by atoms with Gasteiger partial charge in [-0.15, -0.1) is 5.10 Å². The van der Waals surface area contributed by atoms with Crippen molar-refractivity contribution in [1.29, 1.82) is 0 Å². The molecule has 0 saturated carbocycles. The van der Waals surface area contributed by atoms with Gasteiger partial charge in [-0.25, -0.2) is 18.7 Å². The van der Waals surface area contributed by atoms with E-state index in [9.17, 15) is 14.0 Å². The van der Waals surface area contributed by atoms with Gasteiger partial charge in [0.25, 0.3) is 17.5 Å². The maximum absolute atomic E-state index is 13.9. The summed E-state index contributed by atoms with van der Waals surface area (Å²) in [5.41, 5.74) is 2.07. The summed E-state index contributed by atoms with van der Waals surface area (Å²) in [5.74, 6) is -1.23. The number of rotatable bonds is 4. The Kier molecular flexibility index (Phi) is 5.30. The summed E-state index contributed by atoms with van der Waals surface area (Å²) in [5, 5.41) is 4.10. The predicted molar refractivity (Wildman–Crippen MR) is 106 cm³/mol. The number of hydrogen-bond acceptors (Lipinski definition) is 7. The highest BCUT2D eigenvalue weighted by Crippen LogP contribution is 2.20. The minimum absolute atomic E-state index is 0.145. The Labute approximate surface area is 172 Å². The third kappa shape index (κ3) is 3.93. The van der Waals surface area contributed by atoms with E-state index in [4.69, 9.17) is 4.74 Å². The van der Waals surface area contributed by atoms with Crippen LogP contribution in [0.4, 0.5) is 10.1 Å². The summed E-state index contributed by atoms with van der Waals surface area (Å²) in [6.07, 6.45) is 0. The van der Waals surface area contributed by atoms with Crippen LogP contribution in [0.3, 0.4) is 0 Å². The summed E-state index contributed by atoms with van der Waals surface area (Å²) in [4.78, 5) is 36.5. The molecule has 3 heterocycles. The number of fused-ring (bicyclic) bond motifs is 1. The van der Waals surface area contributed by atoms with Crippen molar-refractivity contribution in [2.24, 2.45) is 0 Å². The average molecular weight is 412 g/mol. The molecule has 0 bridgehead atoms. The number of para-hydroxylation sites is 1. The first-order chi connectivity index (χ1) is 14.4. The lowest BCUT2D eigenvalue weighted by atomic mass is 10.2. The van der Waals surface area contributed by atoms with E-state index in [1.165, 1.54) is 10.6 Å². The van der Waals surface area contributed by atoms with Crippen molar-refractivity contribution in [1.82, 2.24) is 24.5 Å². The molecule has 1 aromatic carbocycles. The van der Waals surface area contributed by atoms with Crippen LogP contribution in [0.2, 0.25) is 0 Å². The number of amides is 1. The molecule has 10 heteroatoms. The molecule has 4 rings (SSSR count). The van der Waals surface area contributed by atoms with Crippen molar-refractivity contribution in [3.63, 3.8) is 0 Å². The van der Waals surface area contributed by atoms with Crippen LogP contribution in [0.5, 0.6) is 0 Å². The Morgan fingerprint density at radius 1 is 1.10 bits per heavy atom. The molecule has 1 aliphatic heterocycles. The molecule has 0 atom stereocenters. The first kappa shape index (κ1) is 19.7. The number of aromatic nitrogens is 4. The van der Waals surface area contributed by atoms with E-state index in [1.54, 1.807) is 23.1 Å². The molecule has 2 aromatic heterocycles. The van der Waals surface area contributed by atoms with Crippen molar-refractivity contribution in [3.05, 3.63) is 53.4 Å². The zero-order valence-corrected chi connectivity index (χ0v) is 16.7. The van der Waals surface area contributed by atoms with Crippen molar-refractivity contribution >= 4 is 23.3 Å². The fraction of sp³-hybridized carbons (Fsp3) is 0.350. The number of esters is 1. The Bertz CT molecular complexity index is 1110. The second-order valence-electron chi connectivity index (χ2n) is 7.08. The molecule has 1 saturated heterocycles. The van der Waals surface area contributed by atoms with E-state index < -0.39 is 12.6 Å². The lowest BCUT2D eigenvalue weighted by Crippen LogP contribution is -2.50. The van der Waals surface area contributed by atoms with Gasteiger partial charge in [0, 0.05) is 37.6 Å². The van der Waals surface area contributed by atoms with E-state index in [0.717, 1.165) is 11.4 Å². The monoisotopic (exact) mass is 412 g/mol. The molecule has 30 heavy (non-hydrogen) atoms. The number of anilines is 1. The molecular formula is C20H21FN6O3. The average Bonchev–Trinajstić information content (AvgIpc) is 3.17. The molecule has 0 aliphatic carbocycles. The topological polar surface area (TPSA) is 92.9 Å². The van der Waals surface area contributed by atoms with Gasteiger partial charge in [-0.2, -0.15) is 4.98 Å². The van der Waals surface area contributed by atoms with E-state index in [1.807, 2.05) is 24.8 Å². The SMILES string of the molecule is Cc1cc(C)n2nc(C(=O)OCC(=O)N3CCN(c4ccccc4F)CC3)nc2n1. The highest BCUT2D eigenvalue weighted by atomic mass is 19.1. The third-order valence-electron chi connectivity index (χ3n) is 4.95. The Balaban J connectivity index is 1.32. The molecule has 0 N–H and O–H groups in total. The summed E-state index contributed by atoms with van der Waals surface area (Å²) in [6, 6.07) is 8.37. The maximum atomic E-state index is 13.9. The molecule has 156 valence electrons. The van der Waals surface area contributed by atoms with Gasteiger partial charge in [0.15, 0.2) is 6.61 Å². The number of ether oxygens (including phenoxy) is 1. The van der Waals surface area contributed by atoms with Gasteiger partial charge in [-0.05, 0) is 32.0 Å². The van der Waals surface area contributed by atoms with Gasteiger partial charge < -0.3 is 14.5 Å². The van der Waals surface area contributed by atoms with E-state index in [-0.39, 0.29) is 17.5 Å². The lowest BCUT2D eigenvalue weighted by molar-refractivity contribution is -0.134. The van der Waals surface area contributed by atoms with Gasteiger partial charge in [-0.1, -0.05) is 12.1 Å². The van der Waals surface area contributed by atoms with Gasteiger partial charge in [0.05, 0.1) is 5.69 Å². The first-order valence-electron chi connectivity index (χ1n) is 9.58. The summed E-state index contributed by atoms with van der Waals surface area (Å²) < 4.78 is 20.5. The number of benzene rings is 1. The molecule has 0 spiro atoms. The van der Waals surface area contributed by atoms with Crippen LogP contribution in [0.1, 0.15) is 22.0 Å². The molecule has 1 aliphatic rings. The van der Waals surface area contributed by atoms with Crippen molar-refractivity contribution in [2.45, 2.75) is 13.8 Å². The van der Waals surface area contributed by atoms with Gasteiger partial charge in [0.1, 0.15) is 5.82 Å². The fourth-order valence-electron chi connectivity index (χ4n) is 3.44. The second-order valence-corrected chi connectivity index (χ2v) is 7.08. The molecule has 3 aromatic rings. The van der Waals surface area contributed by atoms with E-state index in [0.29, 0.717) is 37.6 Å². The number of halogens is 1. The van der Waals surface area contributed by atoms with Gasteiger partial charge in [0.2, 0.25) is 0 Å². The zero-order valence-electron chi connectivity index (χ0n) is 16.7. The largest absolute Gasteiger partial charge is 0.450 e. The van der Waals surface area contributed by atoms with Crippen molar-refractivity contribution in [3.8, 4) is 0 Å². The fourth-order valence-corrected chi connectivity index (χ4v) is 3.44. The molecular weight excluding hydrogens is 391 g/mol. The molecule has 9 nitrogen and oxygen atoms in total. The molecule has 1 fully saturated rings. The predicted octanol–water partition coefficient (Wildman–Crippen LogP) is 1.39. The summed E-state index contributed by atoms with van der Waals surface area (Å²) in [6.45, 7) is 5.08. The second kappa shape index (κ2) is 8.05. The van der Waals surface area contributed by atoms with Crippen molar-refractivity contribution < 1.29 is 18.7 Å². The lowest BCUT2D eigenvalue weighted by Gasteiger charge is -2.36. The van der Waals surface area contributed by atoms with E-state index >= 15 is 0 Å². The quantitative estimate of drug-likeness (QED) is 0.598. The number of hydrogen-bond donors (Lipinski definition) is 0. The number of piperazine rings is 1. The number of carbonyl (C=O) groups excluding carboxylic acids is 2. The minimum Gasteiger partial charge on any atom is -0.450 e. The van der Waals surface area contributed by atoms with Gasteiger partial charge >= 0.3 is 5.97 Å². The van der Waals surface area contributed by atoms with Gasteiger partial charge in [-0.3, -0.25) is 4.79 Å².